The van der Waals surface area contributed by atoms with Crippen LogP contribution in [-0.2, 0) is 9.47 Å². The molecule has 0 unspecified atom stereocenters. The minimum absolute atomic E-state index is 0.0634. The summed E-state index contributed by atoms with van der Waals surface area (Å²) >= 11 is 1.56. The van der Waals surface area contributed by atoms with Gasteiger partial charge in [-0.2, -0.15) is 0 Å². The Kier molecular flexibility index (Phi) is 5.22. The lowest BCUT2D eigenvalue weighted by atomic mass is 10.1. The summed E-state index contributed by atoms with van der Waals surface area (Å²) in [4.78, 5) is 18.1. The molecule has 1 atom stereocenters. The molecule has 1 N–H and O–H groups in total. The Morgan fingerprint density at radius 1 is 1.39 bits per heavy atom. The smallest absolute Gasteiger partial charge is 0.321 e. The third kappa shape index (κ3) is 4.28. The van der Waals surface area contributed by atoms with Crippen LogP contribution in [0, 0.1) is 0 Å². The molecule has 6 nitrogen and oxygen atoms in total. The molecule has 1 aliphatic rings. The highest BCUT2D eigenvalue weighted by molar-refractivity contribution is 7.07. The second kappa shape index (κ2) is 7.54. The van der Waals surface area contributed by atoms with Gasteiger partial charge < -0.3 is 19.7 Å². The monoisotopic (exact) mass is 333 g/mol. The maximum absolute atomic E-state index is 12.2. The first kappa shape index (κ1) is 15.9. The molecule has 2 heterocycles. The lowest BCUT2D eigenvalue weighted by Crippen LogP contribution is -2.42. The number of carbonyl (C=O) groups excluding carboxylic acids is 1. The fraction of sp³-hybridized carbons (Fsp3) is 0.375. The van der Waals surface area contributed by atoms with Crippen molar-refractivity contribution in [2.45, 2.75) is 6.10 Å². The molecule has 3 rings (SSSR count). The molecule has 0 radical (unpaired) electrons. The summed E-state index contributed by atoms with van der Waals surface area (Å²) in [6.45, 7) is 2.23. The van der Waals surface area contributed by atoms with Gasteiger partial charge in [-0.1, -0.05) is 12.1 Å². The normalized spacial score (nSPS) is 17.7. The zero-order chi connectivity index (χ0) is 16.1. The van der Waals surface area contributed by atoms with Crippen LogP contribution in [0.1, 0.15) is 0 Å². The average molecular weight is 333 g/mol. The summed E-state index contributed by atoms with van der Waals surface area (Å²) < 4.78 is 10.9. The molecule has 2 aromatic rings. The lowest BCUT2D eigenvalue weighted by Gasteiger charge is -2.27. The summed E-state index contributed by atoms with van der Waals surface area (Å²) in [5.41, 5.74) is 4.53. The zero-order valence-corrected chi connectivity index (χ0v) is 13.7. The highest BCUT2D eigenvalue weighted by Crippen LogP contribution is 2.21. The number of ether oxygens (including phenoxy) is 2. The number of thiazole rings is 1. The van der Waals surface area contributed by atoms with Crippen LogP contribution in [0.25, 0.3) is 11.3 Å². The fourth-order valence-corrected chi connectivity index (χ4v) is 2.89. The quantitative estimate of drug-likeness (QED) is 0.934. The van der Waals surface area contributed by atoms with Crippen molar-refractivity contribution in [3.8, 4) is 11.3 Å². The number of nitrogens with one attached hydrogen (secondary N) is 1. The van der Waals surface area contributed by atoms with Gasteiger partial charge in [0.15, 0.2) is 0 Å². The predicted molar refractivity (Wildman–Crippen MR) is 89.8 cm³/mol. The van der Waals surface area contributed by atoms with Gasteiger partial charge in [0.05, 0.1) is 43.7 Å². The van der Waals surface area contributed by atoms with Crippen LogP contribution in [0.4, 0.5) is 10.5 Å². The minimum atomic E-state index is -0.166. The van der Waals surface area contributed by atoms with Gasteiger partial charge >= 0.3 is 6.03 Å². The Morgan fingerprint density at radius 3 is 2.87 bits per heavy atom. The Morgan fingerprint density at radius 2 is 2.22 bits per heavy atom. The van der Waals surface area contributed by atoms with Crippen LogP contribution in [0.3, 0.4) is 0 Å². The van der Waals surface area contributed by atoms with Crippen molar-refractivity contribution in [3.05, 3.63) is 35.2 Å². The topological polar surface area (TPSA) is 63.7 Å². The van der Waals surface area contributed by atoms with Crippen LogP contribution >= 0.6 is 11.3 Å². The molecule has 0 aliphatic carbocycles. The number of benzene rings is 1. The number of aromatic nitrogens is 1. The maximum Gasteiger partial charge on any atom is 0.321 e. The lowest BCUT2D eigenvalue weighted by molar-refractivity contribution is -0.0925. The van der Waals surface area contributed by atoms with Gasteiger partial charge in [-0.15, -0.1) is 11.3 Å². The molecular weight excluding hydrogens is 314 g/mol. The van der Waals surface area contributed by atoms with Crippen molar-refractivity contribution < 1.29 is 14.3 Å². The molecule has 7 heteroatoms. The Hall–Kier alpha value is -1.96. The van der Waals surface area contributed by atoms with E-state index in [1.54, 1.807) is 28.8 Å². The van der Waals surface area contributed by atoms with E-state index in [4.69, 9.17) is 9.47 Å². The number of hydrogen-bond donors (Lipinski definition) is 1. The van der Waals surface area contributed by atoms with Gasteiger partial charge in [0.2, 0.25) is 0 Å². The van der Waals surface area contributed by atoms with E-state index < -0.39 is 0 Å². The van der Waals surface area contributed by atoms with Crippen LogP contribution in [0.5, 0.6) is 0 Å². The first-order chi connectivity index (χ1) is 11.2. The molecule has 1 aliphatic heterocycles. The molecule has 0 saturated carbocycles. The number of anilines is 1. The van der Waals surface area contributed by atoms with Crippen LogP contribution in [0.15, 0.2) is 35.2 Å². The number of amides is 2. The van der Waals surface area contributed by atoms with E-state index in [2.05, 4.69) is 10.3 Å². The van der Waals surface area contributed by atoms with Crippen molar-refractivity contribution in [2.75, 3.05) is 38.7 Å². The molecule has 0 spiro atoms. The minimum Gasteiger partial charge on any atom is -0.376 e. The first-order valence-electron chi connectivity index (χ1n) is 7.42. The van der Waals surface area contributed by atoms with Gasteiger partial charge in [-0.05, 0) is 12.1 Å². The number of carbonyl (C=O) groups is 1. The molecule has 0 bridgehead atoms. The highest BCUT2D eigenvalue weighted by atomic mass is 32.1. The van der Waals surface area contributed by atoms with Crippen molar-refractivity contribution in [3.63, 3.8) is 0 Å². The molecule has 1 aromatic heterocycles. The van der Waals surface area contributed by atoms with Crippen molar-refractivity contribution >= 4 is 23.1 Å². The molecule has 1 saturated heterocycles. The van der Waals surface area contributed by atoms with Crippen molar-refractivity contribution in [2.24, 2.45) is 0 Å². The third-order valence-electron chi connectivity index (χ3n) is 3.57. The number of rotatable bonds is 4. The predicted octanol–water partition coefficient (Wildman–Crippen LogP) is 2.69. The standard InChI is InChI=1S/C16H19N3O3S/c1-19(8-14-9-21-6-7-22-14)16(20)18-13-4-2-12(3-5-13)15-10-23-11-17-15/h2-5,10-11,14H,6-9H2,1H3,(H,18,20)/t14-/m0/s1. The Bertz CT molecular complexity index is 625. The summed E-state index contributed by atoms with van der Waals surface area (Å²) in [6, 6.07) is 7.48. The van der Waals surface area contributed by atoms with Crippen molar-refractivity contribution in [1.82, 2.24) is 9.88 Å². The summed E-state index contributed by atoms with van der Waals surface area (Å²) in [6.07, 6.45) is -0.0634. The zero-order valence-electron chi connectivity index (χ0n) is 12.9. The Balaban J connectivity index is 1.54. The van der Waals surface area contributed by atoms with Gasteiger partial charge in [-0.3, -0.25) is 0 Å². The van der Waals surface area contributed by atoms with Crippen molar-refractivity contribution in [1.29, 1.82) is 0 Å². The van der Waals surface area contributed by atoms with Crippen LogP contribution in [-0.4, -0.2) is 55.4 Å². The highest BCUT2D eigenvalue weighted by Gasteiger charge is 2.19. The number of nitrogens with zero attached hydrogens (tertiary/aromatic N) is 2. The summed E-state index contributed by atoms with van der Waals surface area (Å²) in [5.74, 6) is 0. The summed E-state index contributed by atoms with van der Waals surface area (Å²) in [7, 11) is 1.75. The molecular formula is C16H19N3O3S. The van der Waals surface area contributed by atoms with E-state index in [1.165, 1.54) is 0 Å². The molecule has 2 amide bonds. The number of likely N-dealkylation sites (N-methyl/N-ethyl adjacent to an activating group) is 1. The van der Waals surface area contributed by atoms with Gasteiger partial charge in [0, 0.05) is 23.7 Å². The van der Waals surface area contributed by atoms with Gasteiger partial charge in [0.25, 0.3) is 0 Å². The average Bonchev–Trinajstić information content (AvgIpc) is 3.11. The van der Waals surface area contributed by atoms with Gasteiger partial charge in [-0.25, -0.2) is 9.78 Å². The van der Waals surface area contributed by atoms with E-state index in [9.17, 15) is 4.79 Å². The molecule has 1 fully saturated rings. The maximum atomic E-state index is 12.2. The van der Waals surface area contributed by atoms with E-state index in [1.807, 2.05) is 29.6 Å². The van der Waals surface area contributed by atoms with E-state index in [-0.39, 0.29) is 12.1 Å². The van der Waals surface area contributed by atoms with E-state index >= 15 is 0 Å². The molecule has 23 heavy (non-hydrogen) atoms. The first-order valence-corrected chi connectivity index (χ1v) is 8.37. The van der Waals surface area contributed by atoms with E-state index in [0.29, 0.717) is 26.4 Å². The SMILES string of the molecule is CN(C[C@H]1COCCO1)C(=O)Nc1ccc(-c2cscn2)cc1. The fourth-order valence-electron chi connectivity index (χ4n) is 2.33. The summed E-state index contributed by atoms with van der Waals surface area (Å²) in [5, 5.41) is 4.87. The molecule has 122 valence electrons. The molecule has 1 aromatic carbocycles. The van der Waals surface area contributed by atoms with E-state index in [0.717, 1.165) is 16.9 Å². The largest absolute Gasteiger partial charge is 0.376 e. The second-order valence-corrected chi connectivity index (χ2v) is 6.05. The second-order valence-electron chi connectivity index (χ2n) is 5.33. The van der Waals surface area contributed by atoms with Crippen LogP contribution in [0.2, 0.25) is 0 Å². The van der Waals surface area contributed by atoms with Crippen LogP contribution < -0.4 is 5.32 Å². The third-order valence-corrected chi connectivity index (χ3v) is 4.16. The Labute approximate surface area is 139 Å². The number of urea groups is 1. The number of hydrogen-bond acceptors (Lipinski definition) is 5. The van der Waals surface area contributed by atoms with Gasteiger partial charge in [0.1, 0.15) is 0 Å².